The molecule has 8 heteroatoms. The zero-order chi connectivity index (χ0) is 17.8. The minimum atomic E-state index is -0.213. The number of rotatable bonds is 6. The predicted molar refractivity (Wildman–Crippen MR) is 99.2 cm³/mol. The number of morpholine rings is 1. The van der Waals surface area contributed by atoms with E-state index in [9.17, 15) is 4.39 Å². The van der Waals surface area contributed by atoms with Crippen molar-refractivity contribution in [2.24, 2.45) is 0 Å². The summed E-state index contributed by atoms with van der Waals surface area (Å²) >= 11 is 1.58. The molecule has 4 rings (SSSR count). The molecule has 1 aromatic carbocycles. The second-order valence-electron chi connectivity index (χ2n) is 6.07. The van der Waals surface area contributed by atoms with E-state index in [1.807, 2.05) is 12.3 Å². The molecule has 0 bridgehead atoms. The number of nitrogens with one attached hydrogen (secondary N) is 1. The first-order valence-electron chi connectivity index (χ1n) is 8.57. The number of nitrogens with zero attached hydrogens (tertiary/aromatic N) is 4. The maximum atomic E-state index is 13.0. The molecule has 26 heavy (non-hydrogen) atoms. The molecular formula is C18H20FN5OS. The fourth-order valence-electron chi connectivity index (χ4n) is 2.87. The Morgan fingerprint density at radius 3 is 2.62 bits per heavy atom. The monoisotopic (exact) mass is 373 g/mol. The molecule has 0 atom stereocenters. The standard InChI is InChI=1S/C18H20FN5OS/c19-15-5-3-14(4-6-15)12-20-13-16-2-1-7-24(16)18-22-21-17(26-18)23-8-10-25-11-9-23/h1-7,20H,8-13H2. The molecule has 0 saturated carbocycles. The molecule has 3 aromatic rings. The first kappa shape index (κ1) is 17.1. The van der Waals surface area contributed by atoms with Crippen molar-refractivity contribution in [1.82, 2.24) is 20.1 Å². The molecule has 0 spiro atoms. The van der Waals surface area contributed by atoms with Gasteiger partial charge in [0, 0.05) is 38.1 Å². The largest absolute Gasteiger partial charge is 0.378 e. The van der Waals surface area contributed by atoms with E-state index < -0.39 is 0 Å². The normalized spacial score (nSPS) is 14.7. The van der Waals surface area contributed by atoms with Crippen molar-refractivity contribution >= 4 is 16.5 Å². The minimum Gasteiger partial charge on any atom is -0.378 e. The van der Waals surface area contributed by atoms with Gasteiger partial charge in [-0.1, -0.05) is 23.5 Å². The van der Waals surface area contributed by atoms with Gasteiger partial charge in [0.05, 0.1) is 13.2 Å². The highest BCUT2D eigenvalue weighted by molar-refractivity contribution is 7.17. The van der Waals surface area contributed by atoms with E-state index in [0.717, 1.165) is 47.8 Å². The van der Waals surface area contributed by atoms with E-state index in [0.29, 0.717) is 13.1 Å². The summed E-state index contributed by atoms with van der Waals surface area (Å²) < 4.78 is 20.4. The summed E-state index contributed by atoms with van der Waals surface area (Å²) in [7, 11) is 0. The van der Waals surface area contributed by atoms with E-state index in [1.165, 1.54) is 12.1 Å². The molecule has 136 valence electrons. The van der Waals surface area contributed by atoms with Crippen LogP contribution in [0.2, 0.25) is 0 Å². The second kappa shape index (κ2) is 7.94. The van der Waals surface area contributed by atoms with Crippen molar-refractivity contribution in [2.75, 3.05) is 31.2 Å². The van der Waals surface area contributed by atoms with Gasteiger partial charge < -0.3 is 15.0 Å². The van der Waals surface area contributed by atoms with Gasteiger partial charge in [0.2, 0.25) is 10.3 Å². The molecule has 1 N–H and O–H groups in total. The minimum absolute atomic E-state index is 0.213. The number of halogens is 1. The van der Waals surface area contributed by atoms with Gasteiger partial charge in [0.15, 0.2) is 0 Å². The Bertz CT molecular complexity index is 841. The van der Waals surface area contributed by atoms with Crippen LogP contribution in [0.25, 0.3) is 5.13 Å². The van der Waals surface area contributed by atoms with Crippen LogP contribution in [0, 0.1) is 5.82 Å². The smallest absolute Gasteiger partial charge is 0.218 e. The Labute approximate surface area is 155 Å². The number of ether oxygens (including phenoxy) is 1. The van der Waals surface area contributed by atoms with Crippen LogP contribution in [-0.4, -0.2) is 41.1 Å². The van der Waals surface area contributed by atoms with Gasteiger partial charge in [-0.15, -0.1) is 10.2 Å². The molecule has 2 aromatic heterocycles. The van der Waals surface area contributed by atoms with E-state index in [4.69, 9.17) is 4.74 Å². The van der Waals surface area contributed by atoms with E-state index in [2.05, 4.69) is 31.0 Å². The molecule has 1 aliphatic heterocycles. The summed E-state index contributed by atoms with van der Waals surface area (Å²) in [5, 5.41) is 13.9. The summed E-state index contributed by atoms with van der Waals surface area (Å²) in [6.45, 7) is 4.55. The van der Waals surface area contributed by atoms with E-state index in [1.54, 1.807) is 23.5 Å². The first-order chi connectivity index (χ1) is 12.8. The Balaban J connectivity index is 1.40. The van der Waals surface area contributed by atoms with Crippen LogP contribution in [0.4, 0.5) is 9.52 Å². The number of hydrogen-bond acceptors (Lipinski definition) is 6. The molecule has 0 radical (unpaired) electrons. The molecule has 1 aliphatic rings. The average Bonchev–Trinajstić information content (AvgIpc) is 3.33. The van der Waals surface area contributed by atoms with Gasteiger partial charge in [-0.3, -0.25) is 4.57 Å². The first-order valence-corrected chi connectivity index (χ1v) is 9.39. The Morgan fingerprint density at radius 1 is 1.04 bits per heavy atom. The Kier molecular flexibility index (Phi) is 5.24. The van der Waals surface area contributed by atoms with Crippen molar-refractivity contribution < 1.29 is 9.13 Å². The SMILES string of the molecule is Fc1ccc(CNCc2cccn2-c2nnc(N3CCOCC3)s2)cc1. The quantitative estimate of drug-likeness (QED) is 0.720. The highest BCUT2D eigenvalue weighted by Gasteiger charge is 2.17. The van der Waals surface area contributed by atoms with Crippen LogP contribution in [0.15, 0.2) is 42.6 Å². The number of aromatic nitrogens is 3. The third kappa shape index (κ3) is 3.92. The number of benzene rings is 1. The van der Waals surface area contributed by atoms with Gasteiger partial charge in [0.25, 0.3) is 0 Å². The van der Waals surface area contributed by atoms with Crippen LogP contribution in [0.3, 0.4) is 0 Å². The average molecular weight is 373 g/mol. The lowest BCUT2D eigenvalue weighted by Gasteiger charge is -2.25. The summed E-state index contributed by atoms with van der Waals surface area (Å²) in [4.78, 5) is 2.21. The molecular weight excluding hydrogens is 353 g/mol. The summed E-state index contributed by atoms with van der Waals surface area (Å²) in [5.74, 6) is -0.213. The van der Waals surface area contributed by atoms with Crippen molar-refractivity contribution in [2.45, 2.75) is 13.1 Å². The number of hydrogen-bond donors (Lipinski definition) is 1. The van der Waals surface area contributed by atoms with Crippen molar-refractivity contribution in [3.63, 3.8) is 0 Å². The predicted octanol–water partition coefficient (Wildman–Crippen LogP) is 2.59. The molecule has 1 fully saturated rings. The van der Waals surface area contributed by atoms with Crippen molar-refractivity contribution in [1.29, 1.82) is 0 Å². The maximum Gasteiger partial charge on any atom is 0.218 e. The van der Waals surface area contributed by atoms with E-state index >= 15 is 0 Å². The van der Waals surface area contributed by atoms with Crippen LogP contribution >= 0.6 is 11.3 Å². The maximum absolute atomic E-state index is 13.0. The zero-order valence-electron chi connectivity index (χ0n) is 14.3. The zero-order valence-corrected chi connectivity index (χ0v) is 15.1. The third-order valence-corrected chi connectivity index (χ3v) is 5.26. The second-order valence-corrected chi connectivity index (χ2v) is 7.00. The van der Waals surface area contributed by atoms with Crippen molar-refractivity contribution in [3.8, 4) is 5.13 Å². The summed E-state index contributed by atoms with van der Waals surface area (Å²) in [6, 6.07) is 10.6. The van der Waals surface area contributed by atoms with Crippen molar-refractivity contribution in [3.05, 3.63) is 59.7 Å². The van der Waals surface area contributed by atoms with Gasteiger partial charge >= 0.3 is 0 Å². The highest BCUT2D eigenvalue weighted by Crippen LogP contribution is 2.25. The Hall–Kier alpha value is -2.29. The number of anilines is 1. The lowest BCUT2D eigenvalue weighted by molar-refractivity contribution is 0.122. The Morgan fingerprint density at radius 2 is 1.81 bits per heavy atom. The lowest BCUT2D eigenvalue weighted by atomic mass is 10.2. The summed E-state index contributed by atoms with van der Waals surface area (Å²) in [5.41, 5.74) is 2.16. The van der Waals surface area contributed by atoms with Crippen LogP contribution < -0.4 is 10.2 Å². The van der Waals surface area contributed by atoms with Gasteiger partial charge in [-0.2, -0.15) is 0 Å². The van der Waals surface area contributed by atoms with Gasteiger partial charge in [0.1, 0.15) is 5.82 Å². The van der Waals surface area contributed by atoms with Crippen LogP contribution in [0.1, 0.15) is 11.3 Å². The molecule has 6 nitrogen and oxygen atoms in total. The highest BCUT2D eigenvalue weighted by atomic mass is 32.1. The van der Waals surface area contributed by atoms with Gasteiger partial charge in [-0.25, -0.2) is 4.39 Å². The third-order valence-electron chi connectivity index (χ3n) is 4.27. The molecule has 0 aliphatic carbocycles. The van der Waals surface area contributed by atoms with Gasteiger partial charge in [-0.05, 0) is 29.8 Å². The fourth-order valence-corrected chi connectivity index (χ4v) is 3.79. The molecule has 3 heterocycles. The molecule has 0 amide bonds. The molecule has 1 saturated heterocycles. The van der Waals surface area contributed by atoms with Crippen LogP contribution in [-0.2, 0) is 17.8 Å². The fraction of sp³-hybridized carbons (Fsp3) is 0.333. The molecule has 0 unspecified atom stereocenters. The van der Waals surface area contributed by atoms with Crippen LogP contribution in [0.5, 0.6) is 0 Å². The lowest BCUT2D eigenvalue weighted by Crippen LogP contribution is -2.36. The topological polar surface area (TPSA) is 55.2 Å². The summed E-state index contributed by atoms with van der Waals surface area (Å²) in [6.07, 6.45) is 2.00. The van der Waals surface area contributed by atoms with E-state index in [-0.39, 0.29) is 5.82 Å².